The maximum Gasteiger partial charge on any atom is 0.340 e. The fourth-order valence-corrected chi connectivity index (χ4v) is 7.25. The fourth-order valence-electron chi connectivity index (χ4n) is 4.50. The lowest BCUT2D eigenvalue weighted by atomic mass is 9.96. The summed E-state index contributed by atoms with van der Waals surface area (Å²) in [5, 5.41) is 26.5. The van der Waals surface area contributed by atoms with Gasteiger partial charge in [0.25, 0.3) is 0 Å². The molecule has 1 aromatic carbocycles. The highest BCUT2D eigenvalue weighted by Gasteiger charge is 2.53. The summed E-state index contributed by atoms with van der Waals surface area (Å²) in [5.41, 5.74) is 1.52. The van der Waals surface area contributed by atoms with Crippen LogP contribution in [0.4, 0.5) is 5.69 Å². The quantitative estimate of drug-likeness (QED) is 0.260. The van der Waals surface area contributed by atoms with Crippen LogP contribution in [0.5, 0.6) is 0 Å². The van der Waals surface area contributed by atoms with Gasteiger partial charge < -0.3 is 39.1 Å². The van der Waals surface area contributed by atoms with E-state index in [1.807, 2.05) is 24.3 Å². The molecule has 0 radical (unpaired) electrons. The number of aromatic nitrogens is 3. The number of aliphatic hydroxyl groups is 2. The largest absolute Gasteiger partial charge is 0.387 e. The molecule has 2 aliphatic heterocycles. The van der Waals surface area contributed by atoms with Crippen molar-refractivity contribution >= 4 is 38.0 Å². The van der Waals surface area contributed by atoms with Crippen molar-refractivity contribution in [1.29, 1.82) is 0 Å². The summed E-state index contributed by atoms with van der Waals surface area (Å²) in [4.78, 5) is 33.9. The lowest BCUT2D eigenvalue weighted by Crippen LogP contribution is -2.44. The number of imidazole rings is 1. The van der Waals surface area contributed by atoms with Gasteiger partial charge in [0, 0.05) is 19.2 Å². The Bertz CT molecular complexity index is 1390. The summed E-state index contributed by atoms with van der Waals surface area (Å²) < 4.78 is 34.4. The second-order valence-corrected chi connectivity index (χ2v) is 13.2. The van der Waals surface area contributed by atoms with Crippen LogP contribution in [0.15, 0.2) is 36.5 Å². The Hall–Kier alpha value is -1.89. The third kappa shape index (κ3) is 4.84. The maximum absolute atomic E-state index is 11.9. The van der Waals surface area contributed by atoms with Gasteiger partial charge >= 0.3 is 15.2 Å². The molecule has 16 heteroatoms. The van der Waals surface area contributed by atoms with Crippen LogP contribution in [-0.4, -0.2) is 70.8 Å². The zero-order valence-electron chi connectivity index (χ0n) is 18.6. The second kappa shape index (κ2) is 9.14. The highest BCUT2D eigenvalue weighted by molar-refractivity contribution is 7.70. The van der Waals surface area contributed by atoms with Gasteiger partial charge in [0.2, 0.25) is 0 Å². The highest BCUT2D eigenvalue weighted by Crippen LogP contribution is 2.55. The molecule has 0 amide bonds. The zero-order chi connectivity index (χ0) is 25.9. The third-order valence-electron chi connectivity index (χ3n) is 6.18. The van der Waals surface area contributed by atoms with E-state index in [-0.39, 0.29) is 11.0 Å². The Morgan fingerprint density at radius 1 is 1.19 bits per heavy atom. The number of aliphatic hydroxyl groups excluding tert-OH is 1. The van der Waals surface area contributed by atoms with Crippen molar-refractivity contribution in [3.05, 3.63) is 58.6 Å². The average molecular weight is 561 g/mol. The summed E-state index contributed by atoms with van der Waals surface area (Å²) in [5.74, 6) is -1.45. The summed E-state index contributed by atoms with van der Waals surface area (Å²) in [7, 11) is -9.50. The normalized spacial score (nSPS) is 25.9. The first-order chi connectivity index (χ1) is 16.9. The average Bonchev–Trinajstić information content (AvgIpc) is 3.47. The number of halogens is 1. The van der Waals surface area contributed by atoms with E-state index in [9.17, 15) is 24.2 Å². The minimum Gasteiger partial charge on any atom is -0.387 e. The highest BCUT2D eigenvalue weighted by atomic mass is 35.5. The van der Waals surface area contributed by atoms with Crippen molar-refractivity contribution < 1.29 is 43.3 Å². The topological polar surface area (TPSA) is 187 Å². The van der Waals surface area contributed by atoms with Gasteiger partial charge in [0.05, 0.1) is 25.1 Å². The Morgan fingerprint density at radius 3 is 2.50 bits per heavy atom. The van der Waals surface area contributed by atoms with Crippen molar-refractivity contribution in [3.8, 4) is 0 Å². The third-order valence-corrected chi connectivity index (χ3v) is 9.82. The number of ether oxygens (including phenoxy) is 1. The molecule has 3 unspecified atom stereocenters. The monoisotopic (exact) mass is 560 g/mol. The minimum absolute atomic E-state index is 0.0599. The molecular formula is C20H23ClN4O9P2. The lowest BCUT2D eigenvalue weighted by molar-refractivity contribution is -0.0652. The summed E-state index contributed by atoms with van der Waals surface area (Å²) in [6.45, 7) is 0.121. The van der Waals surface area contributed by atoms with Crippen LogP contribution in [0.2, 0.25) is 5.15 Å². The number of anilines is 1. The molecule has 4 atom stereocenters. The molecule has 0 aliphatic carbocycles. The van der Waals surface area contributed by atoms with Crippen molar-refractivity contribution in [2.24, 2.45) is 0 Å². The number of hydrogen-bond acceptors (Lipinski definition) is 9. The molecule has 2 aromatic heterocycles. The van der Waals surface area contributed by atoms with Gasteiger partial charge in [-0.3, -0.25) is 9.13 Å². The molecule has 4 heterocycles. The Kier molecular flexibility index (Phi) is 6.54. The molecule has 5 rings (SSSR count). The van der Waals surface area contributed by atoms with Crippen LogP contribution in [0.3, 0.4) is 0 Å². The van der Waals surface area contributed by atoms with Gasteiger partial charge in [-0.05, 0) is 11.1 Å². The number of rotatable bonds is 7. The molecule has 1 fully saturated rings. The van der Waals surface area contributed by atoms with Crippen molar-refractivity contribution in [2.75, 3.05) is 24.0 Å². The van der Waals surface area contributed by atoms with E-state index < -0.39 is 52.1 Å². The van der Waals surface area contributed by atoms with E-state index in [1.54, 1.807) is 6.07 Å². The van der Waals surface area contributed by atoms with Crippen LogP contribution in [0.25, 0.3) is 5.52 Å². The van der Waals surface area contributed by atoms with Crippen LogP contribution in [-0.2, 0) is 37.1 Å². The molecule has 194 valence electrons. The standard InChI is InChI=1S/C20H23ClN4O9P2/c21-17-5-14(24-7-12-3-1-2-4-13(12)8-24)15-6-22-19(25(15)23-17)20(27)10-33-16(18(20)26)9-34-36(31,32)11-35(28,29)30/h1-6,16,18,26-27H,7-11H2,(H,31,32)(H2,28,29,30)/t16-,18?,20?/m1/s1. The number of benzene rings is 1. The van der Waals surface area contributed by atoms with Gasteiger partial charge in [-0.2, -0.15) is 5.10 Å². The Labute approximate surface area is 209 Å². The second-order valence-electron chi connectivity index (χ2n) is 8.81. The van der Waals surface area contributed by atoms with Gasteiger partial charge in [-0.15, -0.1) is 0 Å². The SMILES string of the molecule is O=P(O)(O)CP(=O)(O)OC[C@H]1OCC(O)(c2ncc3c(N4Cc5ccccc5C4)cc(Cl)nn23)C1O. The van der Waals surface area contributed by atoms with Crippen LogP contribution in [0, 0.1) is 0 Å². The van der Waals surface area contributed by atoms with E-state index >= 15 is 0 Å². The van der Waals surface area contributed by atoms with E-state index in [0.717, 1.165) is 5.69 Å². The molecule has 3 aromatic rings. The molecule has 2 aliphatic rings. The van der Waals surface area contributed by atoms with E-state index in [2.05, 4.69) is 15.0 Å². The van der Waals surface area contributed by atoms with Gasteiger partial charge in [-0.25, -0.2) is 9.50 Å². The fraction of sp³-hybridized carbons (Fsp3) is 0.400. The zero-order valence-corrected chi connectivity index (χ0v) is 21.1. The lowest BCUT2D eigenvalue weighted by Gasteiger charge is -2.25. The van der Waals surface area contributed by atoms with Gasteiger partial charge in [0.1, 0.15) is 17.7 Å². The molecule has 0 bridgehead atoms. The summed E-state index contributed by atoms with van der Waals surface area (Å²) >= 11 is 6.31. The van der Waals surface area contributed by atoms with Crippen LogP contribution >= 0.6 is 26.8 Å². The maximum atomic E-state index is 11.9. The summed E-state index contributed by atoms with van der Waals surface area (Å²) in [6.07, 6.45) is -1.46. The smallest absolute Gasteiger partial charge is 0.340 e. The molecule has 1 saturated heterocycles. The first-order valence-electron chi connectivity index (χ1n) is 10.8. The molecule has 5 N–H and O–H groups in total. The van der Waals surface area contributed by atoms with Crippen molar-refractivity contribution in [3.63, 3.8) is 0 Å². The van der Waals surface area contributed by atoms with E-state index in [1.165, 1.54) is 21.8 Å². The van der Waals surface area contributed by atoms with Crippen molar-refractivity contribution in [2.45, 2.75) is 30.9 Å². The number of hydrogen-bond donors (Lipinski definition) is 5. The molecule has 0 spiro atoms. The van der Waals surface area contributed by atoms with Crippen LogP contribution < -0.4 is 4.90 Å². The minimum atomic E-state index is -4.82. The van der Waals surface area contributed by atoms with Crippen molar-refractivity contribution in [1.82, 2.24) is 14.6 Å². The number of fused-ring (bicyclic) bond motifs is 2. The predicted octanol–water partition coefficient (Wildman–Crippen LogP) is 1.19. The molecule has 13 nitrogen and oxygen atoms in total. The molecular weight excluding hydrogens is 538 g/mol. The number of nitrogens with zero attached hydrogens (tertiary/aromatic N) is 4. The van der Waals surface area contributed by atoms with E-state index in [4.69, 9.17) is 30.6 Å². The first kappa shape index (κ1) is 25.7. The van der Waals surface area contributed by atoms with Crippen LogP contribution in [0.1, 0.15) is 17.0 Å². The Morgan fingerprint density at radius 2 is 1.86 bits per heavy atom. The summed E-state index contributed by atoms with van der Waals surface area (Å²) in [6, 6.07) is 9.70. The van der Waals surface area contributed by atoms with Gasteiger partial charge in [-0.1, -0.05) is 35.9 Å². The molecule has 36 heavy (non-hydrogen) atoms. The van der Waals surface area contributed by atoms with E-state index in [0.29, 0.717) is 18.6 Å². The van der Waals surface area contributed by atoms with Gasteiger partial charge in [0.15, 0.2) is 22.5 Å². The first-order valence-corrected chi connectivity index (χ1v) is 14.7. The Balaban J connectivity index is 1.40. The predicted molar refractivity (Wildman–Crippen MR) is 127 cm³/mol. The molecule has 0 saturated carbocycles.